The molecule has 3 aromatic heterocycles. The third-order valence-electron chi connectivity index (χ3n) is 4.71. The summed E-state index contributed by atoms with van der Waals surface area (Å²) in [5.41, 5.74) is 2.60. The van der Waals surface area contributed by atoms with E-state index in [0.717, 1.165) is 29.7 Å². The van der Waals surface area contributed by atoms with Crippen LogP contribution in [0, 0.1) is 18.8 Å². The van der Waals surface area contributed by atoms with Crippen LogP contribution in [-0.2, 0) is 11.2 Å². The first-order chi connectivity index (χ1) is 13.1. The molecule has 4 heterocycles. The number of rotatable bonds is 4. The molecular weight excluding hydrogens is 347 g/mol. The summed E-state index contributed by atoms with van der Waals surface area (Å²) >= 11 is 0. The Balaban J connectivity index is 1.52. The van der Waals surface area contributed by atoms with Gasteiger partial charge in [0.25, 0.3) is 5.95 Å². The summed E-state index contributed by atoms with van der Waals surface area (Å²) in [5.74, 6) is 0.271. The Bertz CT molecular complexity index is 955. The fraction of sp³-hybridized carbons (Fsp3) is 0.316. The van der Waals surface area contributed by atoms with Crippen molar-refractivity contribution in [3.63, 3.8) is 0 Å². The number of carbonyl (C=O) groups is 1. The fourth-order valence-electron chi connectivity index (χ4n) is 3.35. The number of hydrogen-bond acceptors (Lipinski definition) is 5. The van der Waals surface area contributed by atoms with Gasteiger partial charge in [0.15, 0.2) is 5.82 Å². The van der Waals surface area contributed by atoms with Crippen LogP contribution in [-0.4, -0.2) is 37.6 Å². The van der Waals surface area contributed by atoms with Crippen molar-refractivity contribution in [1.82, 2.24) is 25.1 Å². The maximum atomic E-state index is 13.0. The normalized spacial score (nSPS) is 17.3. The molecule has 1 atom stereocenters. The van der Waals surface area contributed by atoms with Crippen LogP contribution in [0.25, 0.3) is 11.4 Å². The summed E-state index contributed by atoms with van der Waals surface area (Å²) in [6.07, 6.45) is 5.38. The Morgan fingerprint density at radius 2 is 2.19 bits per heavy atom. The first kappa shape index (κ1) is 17.3. The highest BCUT2D eigenvalue weighted by Crippen LogP contribution is 2.26. The molecule has 1 saturated heterocycles. The molecule has 0 unspecified atom stereocenters. The molecule has 4 rings (SSSR count). The maximum absolute atomic E-state index is 13.0. The Morgan fingerprint density at radius 1 is 1.30 bits per heavy atom. The van der Waals surface area contributed by atoms with Gasteiger partial charge in [0, 0.05) is 36.1 Å². The number of piperidine rings is 1. The van der Waals surface area contributed by atoms with Crippen LogP contribution in [0.5, 0.6) is 0 Å². The number of halogens is 1. The van der Waals surface area contributed by atoms with Crippen molar-refractivity contribution in [2.24, 2.45) is 5.92 Å². The van der Waals surface area contributed by atoms with Gasteiger partial charge < -0.3 is 0 Å². The monoisotopic (exact) mass is 366 g/mol. The summed E-state index contributed by atoms with van der Waals surface area (Å²) in [5, 5.41) is 7.14. The first-order valence-electron chi connectivity index (χ1n) is 8.87. The van der Waals surface area contributed by atoms with Gasteiger partial charge in [0.2, 0.25) is 11.9 Å². The standard InChI is InChI=1S/C19H19FN6O/c1-12-9-14(6-7-21-12)17-23-19(25-24-17)26-8-2-3-15(18(26)27)10-13-4-5-16(20)22-11-13/h4-7,9,11,15H,2-3,8,10H2,1H3,(H,23,24,25)/t15-/m0/s1. The van der Waals surface area contributed by atoms with E-state index < -0.39 is 5.95 Å². The highest BCUT2D eigenvalue weighted by Gasteiger charge is 2.32. The lowest BCUT2D eigenvalue weighted by atomic mass is 9.91. The Kier molecular flexibility index (Phi) is 4.62. The zero-order chi connectivity index (χ0) is 18.8. The Labute approximate surface area is 155 Å². The number of aromatic amines is 1. The zero-order valence-electron chi connectivity index (χ0n) is 14.9. The zero-order valence-corrected chi connectivity index (χ0v) is 14.9. The Hall–Kier alpha value is -3.16. The third-order valence-corrected chi connectivity index (χ3v) is 4.71. The first-order valence-corrected chi connectivity index (χ1v) is 8.87. The topological polar surface area (TPSA) is 87.7 Å². The molecule has 3 aromatic rings. The van der Waals surface area contributed by atoms with Crippen LogP contribution in [0.3, 0.4) is 0 Å². The second kappa shape index (κ2) is 7.22. The number of H-pyrrole nitrogens is 1. The molecule has 0 radical (unpaired) electrons. The number of nitrogens with zero attached hydrogens (tertiary/aromatic N) is 5. The second-order valence-electron chi connectivity index (χ2n) is 6.69. The number of nitrogens with one attached hydrogen (secondary N) is 1. The van der Waals surface area contributed by atoms with Crippen LogP contribution < -0.4 is 4.90 Å². The molecule has 1 fully saturated rings. The summed E-state index contributed by atoms with van der Waals surface area (Å²) in [6.45, 7) is 2.49. The predicted molar refractivity (Wildman–Crippen MR) is 97.3 cm³/mol. The molecule has 1 aliphatic rings. The van der Waals surface area contributed by atoms with Gasteiger partial charge in [0.1, 0.15) is 0 Å². The number of anilines is 1. The van der Waals surface area contributed by atoms with Crippen molar-refractivity contribution in [3.8, 4) is 11.4 Å². The largest absolute Gasteiger partial charge is 0.279 e. The van der Waals surface area contributed by atoms with E-state index in [2.05, 4.69) is 25.1 Å². The predicted octanol–water partition coefficient (Wildman–Crippen LogP) is 2.69. The average Bonchev–Trinajstić information content (AvgIpc) is 3.15. The van der Waals surface area contributed by atoms with Crippen molar-refractivity contribution in [1.29, 1.82) is 0 Å². The van der Waals surface area contributed by atoms with Gasteiger partial charge in [0.05, 0.1) is 0 Å². The summed E-state index contributed by atoms with van der Waals surface area (Å²) < 4.78 is 13.0. The summed E-state index contributed by atoms with van der Waals surface area (Å²) in [4.78, 5) is 26.9. The molecule has 1 N–H and O–H groups in total. The molecule has 8 heteroatoms. The van der Waals surface area contributed by atoms with E-state index in [1.54, 1.807) is 17.2 Å². The SMILES string of the molecule is Cc1cc(-c2nc(N3CCC[C@@H](Cc4ccc(F)nc4)C3=O)n[nH]2)ccn1. The summed E-state index contributed by atoms with van der Waals surface area (Å²) in [6, 6.07) is 6.75. The van der Waals surface area contributed by atoms with E-state index in [9.17, 15) is 9.18 Å². The minimum atomic E-state index is -0.519. The lowest BCUT2D eigenvalue weighted by Gasteiger charge is -2.29. The quantitative estimate of drug-likeness (QED) is 0.717. The maximum Gasteiger partial charge on any atom is 0.251 e. The number of aromatic nitrogens is 5. The second-order valence-corrected chi connectivity index (χ2v) is 6.69. The molecule has 0 aromatic carbocycles. The molecule has 0 saturated carbocycles. The molecule has 27 heavy (non-hydrogen) atoms. The van der Waals surface area contributed by atoms with Gasteiger partial charge >= 0.3 is 0 Å². The lowest BCUT2D eigenvalue weighted by molar-refractivity contribution is -0.123. The average molecular weight is 366 g/mol. The smallest absolute Gasteiger partial charge is 0.251 e. The van der Waals surface area contributed by atoms with E-state index in [1.165, 1.54) is 12.3 Å². The van der Waals surface area contributed by atoms with Crippen molar-refractivity contribution < 1.29 is 9.18 Å². The third kappa shape index (κ3) is 3.69. The fourth-order valence-corrected chi connectivity index (χ4v) is 3.35. The van der Waals surface area contributed by atoms with Crippen molar-refractivity contribution >= 4 is 11.9 Å². The van der Waals surface area contributed by atoms with Gasteiger partial charge in [-0.15, -0.1) is 5.10 Å². The van der Waals surface area contributed by atoms with Crippen LogP contribution in [0.2, 0.25) is 0 Å². The number of amides is 1. The Morgan fingerprint density at radius 3 is 2.96 bits per heavy atom. The van der Waals surface area contributed by atoms with E-state index in [4.69, 9.17) is 0 Å². The van der Waals surface area contributed by atoms with Crippen LogP contribution in [0.1, 0.15) is 24.1 Å². The van der Waals surface area contributed by atoms with Gasteiger partial charge in [-0.2, -0.15) is 9.37 Å². The van der Waals surface area contributed by atoms with Crippen molar-refractivity contribution in [2.45, 2.75) is 26.2 Å². The number of hydrogen-bond donors (Lipinski definition) is 1. The number of aryl methyl sites for hydroxylation is 1. The molecular formula is C19H19FN6O. The van der Waals surface area contributed by atoms with Crippen LogP contribution >= 0.6 is 0 Å². The van der Waals surface area contributed by atoms with Crippen LogP contribution in [0.15, 0.2) is 36.7 Å². The molecule has 138 valence electrons. The molecule has 0 bridgehead atoms. The van der Waals surface area contributed by atoms with Gasteiger partial charge in [-0.1, -0.05) is 6.07 Å². The van der Waals surface area contributed by atoms with Gasteiger partial charge in [-0.25, -0.2) is 4.98 Å². The molecule has 0 spiro atoms. The molecule has 0 aliphatic carbocycles. The summed E-state index contributed by atoms with van der Waals surface area (Å²) in [7, 11) is 0. The number of carbonyl (C=O) groups excluding carboxylic acids is 1. The van der Waals surface area contributed by atoms with Gasteiger partial charge in [-0.05, 0) is 49.9 Å². The van der Waals surface area contributed by atoms with Crippen molar-refractivity contribution in [3.05, 3.63) is 53.9 Å². The van der Waals surface area contributed by atoms with E-state index in [-0.39, 0.29) is 11.8 Å². The molecule has 1 amide bonds. The van der Waals surface area contributed by atoms with E-state index >= 15 is 0 Å². The number of pyridine rings is 2. The van der Waals surface area contributed by atoms with Gasteiger partial charge in [-0.3, -0.25) is 19.8 Å². The highest BCUT2D eigenvalue weighted by atomic mass is 19.1. The minimum Gasteiger partial charge on any atom is -0.279 e. The highest BCUT2D eigenvalue weighted by molar-refractivity contribution is 5.94. The van der Waals surface area contributed by atoms with Crippen LogP contribution in [0.4, 0.5) is 10.3 Å². The minimum absolute atomic E-state index is 0.0120. The van der Waals surface area contributed by atoms with E-state index in [1.807, 2.05) is 19.1 Å². The van der Waals surface area contributed by atoms with Crippen molar-refractivity contribution in [2.75, 3.05) is 11.4 Å². The lowest BCUT2D eigenvalue weighted by Crippen LogP contribution is -2.42. The van der Waals surface area contributed by atoms with E-state index in [0.29, 0.717) is 24.7 Å². The molecule has 7 nitrogen and oxygen atoms in total. The molecule has 1 aliphatic heterocycles.